The van der Waals surface area contributed by atoms with E-state index in [0.717, 1.165) is 45.1 Å². The summed E-state index contributed by atoms with van der Waals surface area (Å²) in [5, 5.41) is 9.25. The van der Waals surface area contributed by atoms with Crippen LogP contribution < -0.4 is 5.73 Å². The van der Waals surface area contributed by atoms with E-state index in [9.17, 15) is 14.2 Å². The van der Waals surface area contributed by atoms with Gasteiger partial charge in [0.05, 0.1) is 6.10 Å². The molecule has 6 N–H and O–H groups in total. The predicted molar refractivity (Wildman–Crippen MR) is 172 cm³/mol. The maximum Gasteiger partial charge on any atom is 0.216 e. The number of nitrogens with zero attached hydrogens (tertiary/aromatic N) is 2. The van der Waals surface area contributed by atoms with Crippen molar-refractivity contribution in [2.24, 2.45) is 29.4 Å². The van der Waals surface area contributed by atoms with E-state index in [1.807, 2.05) is 23.4 Å². The van der Waals surface area contributed by atoms with Gasteiger partial charge >= 0.3 is 0 Å². The number of nitrogens with two attached hydrogens (primary N) is 1. The van der Waals surface area contributed by atoms with Gasteiger partial charge in [-0.2, -0.15) is 0 Å². The molecule has 1 saturated carbocycles. The van der Waals surface area contributed by atoms with E-state index in [1.165, 1.54) is 0 Å². The van der Waals surface area contributed by atoms with Crippen LogP contribution >= 0.6 is 10.8 Å². The Morgan fingerprint density at radius 1 is 1.12 bits per heavy atom. The molecule has 1 rings (SSSR count). The van der Waals surface area contributed by atoms with Crippen LogP contribution in [0.3, 0.4) is 0 Å². The average molecular weight is 591 g/mol. The molecule has 40 heavy (non-hydrogen) atoms. The van der Waals surface area contributed by atoms with Crippen molar-refractivity contribution in [1.29, 1.82) is 0 Å². The molecule has 8 nitrogen and oxygen atoms in total. The van der Waals surface area contributed by atoms with Gasteiger partial charge in [-0.15, -0.1) is 10.8 Å². The summed E-state index contributed by atoms with van der Waals surface area (Å²) in [4.78, 5) is 2.91. The number of rotatable bonds is 20. The largest absolute Gasteiger partial charge is 0.431 e. The third kappa shape index (κ3) is 12.8. The molecule has 0 bridgehead atoms. The maximum atomic E-state index is 11.1. The summed E-state index contributed by atoms with van der Waals surface area (Å²) in [5.74, 6) is 1.37. The molecule has 9 heteroatoms. The van der Waals surface area contributed by atoms with E-state index < -0.39 is 10.8 Å². The summed E-state index contributed by atoms with van der Waals surface area (Å²) in [6.07, 6.45) is 11.2. The van der Waals surface area contributed by atoms with Crippen LogP contribution in [0.2, 0.25) is 0 Å². The molecule has 0 aromatic rings. The molecule has 1 aliphatic carbocycles. The monoisotopic (exact) mass is 590 g/mol. The van der Waals surface area contributed by atoms with Crippen molar-refractivity contribution in [2.75, 3.05) is 46.5 Å². The van der Waals surface area contributed by atoms with Crippen LogP contribution in [-0.4, -0.2) is 88.3 Å². The lowest BCUT2D eigenvalue weighted by Crippen LogP contribution is -2.50. The van der Waals surface area contributed by atoms with Crippen molar-refractivity contribution >= 4 is 10.8 Å². The Kier molecular flexibility index (Phi) is 18.4. The van der Waals surface area contributed by atoms with Crippen molar-refractivity contribution in [2.45, 2.75) is 105 Å². The van der Waals surface area contributed by atoms with Gasteiger partial charge in [0.25, 0.3) is 0 Å². The van der Waals surface area contributed by atoms with Crippen LogP contribution in [0.15, 0.2) is 23.1 Å². The van der Waals surface area contributed by atoms with E-state index in [1.54, 1.807) is 20.1 Å². The molecule has 0 heterocycles. The molecule has 0 aliphatic heterocycles. The zero-order valence-corrected chi connectivity index (χ0v) is 27.7. The van der Waals surface area contributed by atoms with E-state index in [2.05, 4.69) is 39.5 Å². The third-order valence-electron chi connectivity index (χ3n) is 8.16. The van der Waals surface area contributed by atoms with Gasteiger partial charge in [-0.3, -0.25) is 9.11 Å². The zero-order chi connectivity index (χ0) is 30.3. The number of hydrogen-bond donors (Lipinski definition) is 3. The van der Waals surface area contributed by atoms with Gasteiger partial charge in [-0.05, 0) is 96.6 Å². The van der Waals surface area contributed by atoms with Gasteiger partial charge < -0.3 is 20.3 Å². The van der Waals surface area contributed by atoms with Gasteiger partial charge in [0, 0.05) is 56.8 Å². The van der Waals surface area contributed by atoms with Crippen LogP contribution in [0.4, 0.5) is 0 Å². The van der Waals surface area contributed by atoms with Crippen molar-refractivity contribution in [3.63, 3.8) is 0 Å². The fourth-order valence-electron chi connectivity index (χ4n) is 5.58. The highest BCUT2D eigenvalue weighted by atomic mass is 32.3. The lowest BCUT2D eigenvalue weighted by molar-refractivity contribution is -0.106. The van der Waals surface area contributed by atoms with Crippen LogP contribution in [0.5, 0.6) is 0 Å². The number of methoxy groups -OCH3 is 1. The molecule has 0 saturated heterocycles. The number of allylic oxidation sites excluding steroid dienone is 4. The van der Waals surface area contributed by atoms with Crippen molar-refractivity contribution in [3.8, 4) is 0 Å². The van der Waals surface area contributed by atoms with Gasteiger partial charge in [-0.1, -0.05) is 32.9 Å². The van der Waals surface area contributed by atoms with E-state index in [4.69, 9.17) is 15.2 Å². The first-order chi connectivity index (χ1) is 18.9. The normalized spacial score (nSPS) is 23.2. The highest BCUT2D eigenvalue weighted by Crippen LogP contribution is 2.51. The molecule has 0 spiro atoms. The molecular formula is C31H64N3O5S+. The molecule has 0 amide bonds. The minimum absolute atomic E-state index is 0.208. The predicted octanol–water partition coefficient (Wildman–Crippen LogP) is 6.06. The minimum Gasteiger partial charge on any atom is -0.431 e. The fourth-order valence-corrected chi connectivity index (χ4v) is 7.14. The van der Waals surface area contributed by atoms with E-state index in [0.29, 0.717) is 49.6 Å². The zero-order valence-electron chi connectivity index (χ0n) is 26.8. The second kappa shape index (κ2) is 19.7. The van der Waals surface area contributed by atoms with E-state index in [-0.39, 0.29) is 30.2 Å². The Bertz CT molecular complexity index is 734. The molecule has 0 aromatic carbocycles. The lowest BCUT2D eigenvalue weighted by Gasteiger charge is -2.44. The summed E-state index contributed by atoms with van der Waals surface area (Å²) in [7, 11) is -1.28. The summed E-state index contributed by atoms with van der Waals surface area (Å²) < 4.78 is 35.4. The Morgan fingerprint density at radius 2 is 1.82 bits per heavy atom. The molecular weight excluding hydrogens is 526 g/mol. The molecule has 3 unspecified atom stereocenters. The summed E-state index contributed by atoms with van der Waals surface area (Å²) in [5.41, 5.74) is 6.26. The topological polar surface area (TPSA) is 114 Å². The number of hydrogen-bond acceptors (Lipinski definition) is 7. The number of ether oxygens (including phenoxy) is 2. The lowest BCUT2D eigenvalue weighted by atomic mass is 9.79. The standard InChI is InChI=1S/C31H63N3O5S/c1-9-10-13-27(7)40(36,37)33(22-24(2)3)17-11-14-28(21-32)23-34(25(4)5)31(35)29-16-15-26(6)30(20-29)39-19-12-18-38-8/h9-10,13,24-26,28-31,35-37H,11-12,14-23,32H2,1-8H3/p+1/b10-9-,27-13+/t26?,28-,29+,30?,31?/m0/s1. The fraction of sp³-hybridized carbons (Fsp3) is 0.871. The summed E-state index contributed by atoms with van der Waals surface area (Å²) >= 11 is 0. The second-order valence-corrected chi connectivity index (χ2v) is 14.6. The van der Waals surface area contributed by atoms with Crippen LogP contribution in [0.25, 0.3) is 0 Å². The maximum absolute atomic E-state index is 11.1. The third-order valence-corrected chi connectivity index (χ3v) is 10.2. The van der Waals surface area contributed by atoms with Crippen molar-refractivity contribution < 1.29 is 23.7 Å². The molecule has 0 aromatic heterocycles. The molecule has 238 valence electrons. The Hall–Kier alpha value is -0.490. The van der Waals surface area contributed by atoms with Crippen LogP contribution in [0, 0.1) is 23.7 Å². The van der Waals surface area contributed by atoms with Gasteiger partial charge in [0.2, 0.25) is 6.23 Å². The minimum atomic E-state index is -3.00. The molecule has 1 fully saturated rings. The highest BCUT2D eigenvalue weighted by molar-refractivity contribution is 8.25. The van der Waals surface area contributed by atoms with Gasteiger partial charge in [0.1, 0.15) is 0 Å². The highest BCUT2D eigenvalue weighted by Gasteiger charge is 2.38. The Labute approximate surface area is 247 Å². The summed E-state index contributed by atoms with van der Waals surface area (Å²) in [6.45, 7) is 18.6. The van der Waals surface area contributed by atoms with Crippen LogP contribution in [0.1, 0.15) is 87.0 Å². The smallest absolute Gasteiger partial charge is 0.216 e. The van der Waals surface area contributed by atoms with Crippen molar-refractivity contribution in [3.05, 3.63) is 23.1 Å². The van der Waals surface area contributed by atoms with Crippen LogP contribution in [-0.2, 0) is 9.47 Å². The molecule has 1 aliphatic rings. The molecule has 5 atom stereocenters. The van der Waals surface area contributed by atoms with E-state index >= 15 is 0 Å². The molecule has 0 radical (unpaired) electrons. The SMILES string of the molecule is C/C=C\C=C(/C)S(O)(O)N(CCC[C@@H](CN)CN(C(C)C)C([OH2+])[C@@H]1CCC(C)C(OCCCOC)C1)CC(C)C. The first-order valence-corrected chi connectivity index (χ1v) is 17.0. The van der Waals surface area contributed by atoms with Gasteiger partial charge in [0.15, 0.2) is 0 Å². The first kappa shape index (κ1) is 37.5. The second-order valence-electron chi connectivity index (χ2n) is 12.4. The first-order valence-electron chi connectivity index (χ1n) is 15.5. The summed E-state index contributed by atoms with van der Waals surface area (Å²) in [6, 6.07) is 0.251. The Balaban J connectivity index is 2.82. The van der Waals surface area contributed by atoms with Gasteiger partial charge in [-0.25, -0.2) is 9.21 Å². The quantitative estimate of drug-likeness (QED) is 0.0683. The average Bonchev–Trinajstić information content (AvgIpc) is 2.90. The van der Waals surface area contributed by atoms with Crippen molar-refractivity contribution in [1.82, 2.24) is 9.21 Å². The Morgan fingerprint density at radius 3 is 2.40 bits per heavy atom.